The lowest BCUT2D eigenvalue weighted by Gasteiger charge is -2.18. The fraction of sp³-hybridized carbons (Fsp3) is 0.462. The topological polar surface area (TPSA) is 50.8 Å². The first kappa shape index (κ1) is 11.5. The van der Waals surface area contributed by atoms with E-state index in [0.29, 0.717) is 19.9 Å². The number of hydrogen-bond donors (Lipinski definition) is 1. The molecule has 3 rings (SSSR count). The van der Waals surface area contributed by atoms with Gasteiger partial charge in [-0.3, -0.25) is 9.69 Å². The number of Topliss-reactive ketones (excluding diaryl/α,β-unsaturated/α-hetero) is 1. The van der Waals surface area contributed by atoms with Crippen molar-refractivity contribution < 1.29 is 14.3 Å². The van der Waals surface area contributed by atoms with Gasteiger partial charge in [0.05, 0.1) is 13.1 Å². The Bertz CT molecular complexity index is 462. The van der Waals surface area contributed by atoms with E-state index >= 15 is 0 Å². The summed E-state index contributed by atoms with van der Waals surface area (Å²) in [4.78, 5) is 13.7. The molecule has 0 bridgehead atoms. The standard InChI is InChI=1S/C13H16N2O3/c16-11-6-14-3-4-15(8-11)7-10-1-2-12-13(5-10)18-9-17-12/h1-2,5,14H,3-4,6-9H2. The molecule has 2 aliphatic heterocycles. The zero-order valence-electron chi connectivity index (χ0n) is 10.1. The first-order valence-electron chi connectivity index (χ1n) is 6.14. The van der Waals surface area contributed by atoms with E-state index in [1.807, 2.05) is 18.2 Å². The Hall–Kier alpha value is -1.59. The second kappa shape index (κ2) is 4.96. The van der Waals surface area contributed by atoms with Gasteiger partial charge < -0.3 is 14.8 Å². The molecule has 1 N–H and O–H groups in total. The molecule has 0 radical (unpaired) electrons. The van der Waals surface area contributed by atoms with Crippen LogP contribution in [-0.4, -0.2) is 43.7 Å². The second-order valence-electron chi connectivity index (χ2n) is 4.61. The number of hydrogen-bond acceptors (Lipinski definition) is 5. The summed E-state index contributed by atoms with van der Waals surface area (Å²) >= 11 is 0. The lowest BCUT2D eigenvalue weighted by Crippen LogP contribution is -2.29. The highest BCUT2D eigenvalue weighted by Gasteiger charge is 2.17. The van der Waals surface area contributed by atoms with E-state index in [2.05, 4.69) is 10.2 Å². The van der Waals surface area contributed by atoms with E-state index in [9.17, 15) is 4.79 Å². The van der Waals surface area contributed by atoms with Crippen molar-refractivity contribution in [1.29, 1.82) is 0 Å². The van der Waals surface area contributed by atoms with Gasteiger partial charge in [0.1, 0.15) is 0 Å². The van der Waals surface area contributed by atoms with Crippen molar-refractivity contribution in [3.05, 3.63) is 23.8 Å². The van der Waals surface area contributed by atoms with Crippen LogP contribution >= 0.6 is 0 Å². The molecule has 96 valence electrons. The molecule has 0 aromatic heterocycles. The highest BCUT2D eigenvalue weighted by Crippen LogP contribution is 2.32. The van der Waals surface area contributed by atoms with Crippen LogP contribution in [0.5, 0.6) is 11.5 Å². The number of carbonyl (C=O) groups is 1. The third-order valence-electron chi connectivity index (χ3n) is 3.17. The van der Waals surface area contributed by atoms with Gasteiger partial charge in [-0.2, -0.15) is 0 Å². The first-order chi connectivity index (χ1) is 8.81. The number of ether oxygens (including phenoxy) is 2. The highest BCUT2D eigenvalue weighted by molar-refractivity contribution is 5.82. The zero-order valence-corrected chi connectivity index (χ0v) is 10.1. The molecule has 1 aromatic carbocycles. The van der Waals surface area contributed by atoms with Crippen LogP contribution in [0.1, 0.15) is 5.56 Å². The number of carbonyl (C=O) groups excluding carboxylic acids is 1. The molecule has 5 heteroatoms. The molecule has 18 heavy (non-hydrogen) atoms. The molecule has 1 fully saturated rings. The summed E-state index contributed by atoms with van der Waals surface area (Å²) in [5.41, 5.74) is 1.15. The monoisotopic (exact) mass is 248 g/mol. The molecular formula is C13H16N2O3. The van der Waals surface area contributed by atoms with E-state index < -0.39 is 0 Å². The quantitative estimate of drug-likeness (QED) is 0.820. The molecule has 0 spiro atoms. The average molecular weight is 248 g/mol. The summed E-state index contributed by atoms with van der Waals surface area (Å²) in [5.74, 6) is 1.84. The van der Waals surface area contributed by atoms with Crippen LogP contribution in [0.2, 0.25) is 0 Å². The summed E-state index contributed by atoms with van der Waals surface area (Å²) in [5, 5.41) is 3.12. The Morgan fingerprint density at radius 2 is 2.17 bits per heavy atom. The molecule has 0 unspecified atom stereocenters. The molecular weight excluding hydrogens is 232 g/mol. The van der Waals surface area contributed by atoms with Crippen molar-refractivity contribution in [2.24, 2.45) is 0 Å². The van der Waals surface area contributed by atoms with Crippen LogP contribution in [0.25, 0.3) is 0 Å². The molecule has 5 nitrogen and oxygen atoms in total. The SMILES string of the molecule is O=C1CNCCN(Cc2ccc3c(c2)OCO3)C1. The fourth-order valence-electron chi connectivity index (χ4n) is 2.28. The third kappa shape index (κ3) is 2.47. The van der Waals surface area contributed by atoms with Gasteiger partial charge in [0.2, 0.25) is 6.79 Å². The summed E-state index contributed by atoms with van der Waals surface area (Å²) in [6.07, 6.45) is 0. The largest absolute Gasteiger partial charge is 0.454 e. The maximum absolute atomic E-state index is 11.5. The average Bonchev–Trinajstić information content (AvgIpc) is 2.72. The van der Waals surface area contributed by atoms with Crippen molar-refractivity contribution in [2.45, 2.75) is 6.54 Å². The Balaban J connectivity index is 1.70. The predicted molar refractivity (Wildman–Crippen MR) is 65.7 cm³/mol. The van der Waals surface area contributed by atoms with Gasteiger partial charge >= 0.3 is 0 Å². The smallest absolute Gasteiger partial charge is 0.231 e. The number of ketones is 1. The fourth-order valence-corrected chi connectivity index (χ4v) is 2.28. The van der Waals surface area contributed by atoms with Crippen LogP contribution in [0, 0.1) is 0 Å². The maximum atomic E-state index is 11.5. The third-order valence-corrected chi connectivity index (χ3v) is 3.17. The van der Waals surface area contributed by atoms with Crippen LogP contribution < -0.4 is 14.8 Å². The molecule has 0 aliphatic carbocycles. The van der Waals surface area contributed by atoms with Crippen LogP contribution in [-0.2, 0) is 11.3 Å². The minimum Gasteiger partial charge on any atom is -0.454 e. The molecule has 2 aliphatic rings. The second-order valence-corrected chi connectivity index (χ2v) is 4.61. The normalized spacial score (nSPS) is 19.9. The minimum absolute atomic E-state index is 0.244. The molecule has 1 saturated heterocycles. The van der Waals surface area contributed by atoms with Gasteiger partial charge in [0.15, 0.2) is 17.3 Å². The van der Waals surface area contributed by atoms with E-state index in [0.717, 1.165) is 36.7 Å². The Labute approximate surface area is 106 Å². The lowest BCUT2D eigenvalue weighted by molar-refractivity contribution is -0.118. The minimum atomic E-state index is 0.244. The summed E-state index contributed by atoms with van der Waals surface area (Å²) < 4.78 is 10.6. The Morgan fingerprint density at radius 1 is 1.28 bits per heavy atom. The van der Waals surface area contributed by atoms with Gasteiger partial charge in [-0.25, -0.2) is 0 Å². The summed E-state index contributed by atoms with van der Waals surface area (Å²) in [6.45, 7) is 3.81. The molecule has 2 heterocycles. The number of nitrogens with zero attached hydrogens (tertiary/aromatic N) is 1. The van der Waals surface area contributed by atoms with Crippen LogP contribution in [0.4, 0.5) is 0 Å². The van der Waals surface area contributed by atoms with Gasteiger partial charge in [-0.05, 0) is 17.7 Å². The number of rotatable bonds is 2. The highest BCUT2D eigenvalue weighted by atomic mass is 16.7. The molecule has 0 saturated carbocycles. The van der Waals surface area contributed by atoms with Crippen molar-refractivity contribution in [1.82, 2.24) is 10.2 Å². The van der Waals surface area contributed by atoms with Crippen molar-refractivity contribution in [3.8, 4) is 11.5 Å². The van der Waals surface area contributed by atoms with Gasteiger partial charge in [0.25, 0.3) is 0 Å². The van der Waals surface area contributed by atoms with Gasteiger partial charge in [0, 0.05) is 19.6 Å². The molecule has 1 aromatic rings. The van der Waals surface area contributed by atoms with Crippen molar-refractivity contribution >= 4 is 5.78 Å². The summed E-state index contributed by atoms with van der Waals surface area (Å²) in [6, 6.07) is 5.94. The van der Waals surface area contributed by atoms with Gasteiger partial charge in [-0.1, -0.05) is 6.07 Å². The number of nitrogens with one attached hydrogen (secondary N) is 1. The van der Waals surface area contributed by atoms with Crippen molar-refractivity contribution in [2.75, 3.05) is 33.0 Å². The lowest BCUT2D eigenvalue weighted by atomic mass is 10.2. The van der Waals surface area contributed by atoms with Crippen LogP contribution in [0.15, 0.2) is 18.2 Å². The van der Waals surface area contributed by atoms with E-state index in [1.54, 1.807) is 0 Å². The zero-order chi connectivity index (χ0) is 12.4. The van der Waals surface area contributed by atoms with E-state index in [4.69, 9.17) is 9.47 Å². The first-order valence-corrected chi connectivity index (χ1v) is 6.14. The summed E-state index contributed by atoms with van der Waals surface area (Å²) in [7, 11) is 0. The van der Waals surface area contributed by atoms with E-state index in [-0.39, 0.29) is 5.78 Å². The number of fused-ring (bicyclic) bond motifs is 1. The Kier molecular flexibility index (Phi) is 3.17. The van der Waals surface area contributed by atoms with Gasteiger partial charge in [-0.15, -0.1) is 0 Å². The molecule has 0 atom stereocenters. The molecule has 0 amide bonds. The van der Waals surface area contributed by atoms with E-state index in [1.165, 1.54) is 0 Å². The maximum Gasteiger partial charge on any atom is 0.231 e. The van der Waals surface area contributed by atoms with Crippen LogP contribution in [0.3, 0.4) is 0 Å². The number of benzene rings is 1. The predicted octanol–water partition coefficient (Wildman–Crippen LogP) is 0.390. The van der Waals surface area contributed by atoms with Crippen molar-refractivity contribution in [3.63, 3.8) is 0 Å². The Morgan fingerprint density at radius 3 is 3.11 bits per heavy atom.